The maximum absolute atomic E-state index is 12.2. The Morgan fingerprint density at radius 1 is 1.17 bits per heavy atom. The number of likely N-dealkylation sites (N-methyl/N-ethyl adjacent to an activating group) is 2. The van der Waals surface area contributed by atoms with Crippen molar-refractivity contribution in [1.82, 2.24) is 15.1 Å². The standard InChI is InChI=1S/C17H26ClN3O2/c1-17(2,3)19-15(22)11-21(5)16(23)12-20(4)10-13-7-6-8-14(18)9-13/h6-9H,10-12H2,1-5H3,(H,19,22). The Kier molecular flexibility index (Phi) is 7.03. The minimum absolute atomic E-state index is 0.0567. The first-order valence-corrected chi connectivity index (χ1v) is 7.92. The van der Waals surface area contributed by atoms with Gasteiger partial charge in [0.25, 0.3) is 0 Å². The van der Waals surface area contributed by atoms with Crippen molar-refractivity contribution in [2.45, 2.75) is 32.9 Å². The van der Waals surface area contributed by atoms with Gasteiger partial charge in [0, 0.05) is 24.2 Å². The van der Waals surface area contributed by atoms with Gasteiger partial charge in [0.05, 0.1) is 13.1 Å². The molecule has 0 aliphatic heterocycles. The fourth-order valence-corrected chi connectivity index (χ4v) is 2.33. The predicted molar refractivity (Wildman–Crippen MR) is 93.3 cm³/mol. The van der Waals surface area contributed by atoms with E-state index in [0.717, 1.165) is 5.56 Å². The molecular formula is C17H26ClN3O2. The third-order valence-electron chi connectivity index (χ3n) is 3.07. The number of hydrogen-bond acceptors (Lipinski definition) is 3. The maximum Gasteiger partial charge on any atom is 0.240 e. The molecule has 0 radical (unpaired) electrons. The van der Waals surface area contributed by atoms with E-state index in [9.17, 15) is 9.59 Å². The summed E-state index contributed by atoms with van der Waals surface area (Å²) in [7, 11) is 3.50. The average molecular weight is 340 g/mol. The van der Waals surface area contributed by atoms with Crippen molar-refractivity contribution in [3.8, 4) is 0 Å². The van der Waals surface area contributed by atoms with Crippen molar-refractivity contribution >= 4 is 23.4 Å². The van der Waals surface area contributed by atoms with Crippen molar-refractivity contribution in [2.75, 3.05) is 27.2 Å². The first-order chi connectivity index (χ1) is 10.6. The summed E-state index contributed by atoms with van der Waals surface area (Å²) < 4.78 is 0. The molecule has 6 heteroatoms. The van der Waals surface area contributed by atoms with E-state index in [0.29, 0.717) is 11.6 Å². The Labute approximate surface area is 143 Å². The number of benzene rings is 1. The quantitative estimate of drug-likeness (QED) is 0.864. The van der Waals surface area contributed by atoms with Gasteiger partial charge in [-0.2, -0.15) is 0 Å². The molecule has 1 aromatic rings. The highest BCUT2D eigenvalue weighted by atomic mass is 35.5. The number of nitrogens with one attached hydrogen (secondary N) is 1. The van der Waals surface area contributed by atoms with E-state index in [4.69, 9.17) is 11.6 Å². The van der Waals surface area contributed by atoms with Gasteiger partial charge in [0.2, 0.25) is 11.8 Å². The van der Waals surface area contributed by atoms with Crippen LogP contribution in [0.4, 0.5) is 0 Å². The summed E-state index contributed by atoms with van der Waals surface area (Å²) in [6.45, 7) is 6.64. The molecule has 0 saturated carbocycles. The molecule has 0 saturated heterocycles. The van der Waals surface area contributed by atoms with E-state index in [1.54, 1.807) is 7.05 Å². The van der Waals surface area contributed by atoms with Crippen LogP contribution in [0, 0.1) is 0 Å². The summed E-state index contributed by atoms with van der Waals surface area (Å²) in [6, 6.07) is 7.55. The van der Waals surface area contributed by atoms with E-state index in [1.807, 2.05) is 57.0 Å². The summed E-state index contributed by atoms with van der Waals surface area (Å²) in [6.07, 6.45) is 0. The Bertz CT molecular complexity index is 555. The highest BCUT2D eigenvalue weighted by Gasteiger charge is 2.18. The molecule has 1 N–H and O–H groups in total. The van der Waals surface area contributed by atoms with E-state index in [-0.39, 0.29) is 30.4 Å². The minimum Gasteiger partial charge on any atom is -0.350 e. The Hall–Kier alpha value is -1.59. The van der Waals surface area contributed by atoms with Crippen molar-refractivity contribution in [3.05, 3.63) is 34.9 Å². The lowest BCUT2D eigenvalue weighted by Crippen LogP contribution is -2.47. The molecule has 5 nitrogen and oxygen atoms in total. The van der Waals surface area contributed by atoms with Gasteiger partial charge in [0.15, 0.2) is 0 Å². The molecule has 0 aromatic heterocycles. The predicted octanol–water partition coefficient (Wildman–Crippen LogP) is 2.14. The topological polar surface area (TPSA) is 52.7 Å². The van der Waals surface area contributed by atoms with Gasteiger partial charge >= 0.3 is 0 Å². The van der Waals surface area contributed by atoms with Gasteiger partial charge in [-0.05, 0) is 45.5 Å². The fourth-order valence-electron chi connectivity index (χ4n) is 2.12. The smallest absolute Gasteiger partial charge is 0.240 e. The second-order valence-electron chi connectivity index (χ2n) is 6.85. The molecule has 0 bridgehead atoms. The third-order valence-corrected chi connectivity index (χ3v) is 3.30. The number of carbonyl (C=O) groups excluding carboxylic acids is 2. The molecule has 2 amide bonds. The Balaban J connectivity index is 2.46. The van der Waals surface area contributed by atoms with Gasteiger partial charge in [-0.15, -0.1) is 0 Å². The molecule has 0 fully saturated rings. The fraction of sp³-hybridized carbons (Fsp3) is 0.529. The number of rotatable bonds is 6. The van der Waals surface area contributed by atoms with Crippen molar-refractivity contribution in [1.29, 1.82) is 0 Å². The molecule has 0 aliphatic carbocycles. The summed E-state index contributed by atoms with van der Waals surface area (Å²) >= 11 is 5.96. The zero-order chi connectivity index (χ0) is 17.6. The van der Waals surface area contributed by atoms with Gasteiger partial charge < -0.3 is 10.2 Å². The van der Waals surface area contributed by atoms with Crippen molar-refractivity contribution < 1.29 is 9.59 Å². The molecule has 23 heavy (non-hydrogen) atoms. The van der Waals surface area contributed by atoms with Crippen LogP contribution in [0.3, 0.4) is 0 Å². The largest absolute Gasteiger partial charge is 0.350 e. The molecule has 0 aliphatic rings. The van der Waals surface area contributed by atoms with Crippen molar-refractivity contribution in [3.63, 3.8) is 0 Å². The molecule has 0 spiro atoms. The van der Waals surface area contributed by atoms with Gasteiger partial charge in [-0.3, -0.25) is 14.5 Å². The zero-order valence-corrected chi connectivity index (χ0v) is 15.3. The minimum atomic E-state index is -0.301. The van der Waals surface area contributed by atoms with Crippen LogP contribution >= 0.6 is 11.6 Å². The Morgan fingerprint density at radius 3 is 2.39 bits per heavy atom. The van der Waals surface area contributed by atoms with Crippen LogP contribution in [-0.2, 0) is 16.1 Å². The van der Waals surface area contributed by atoms with Crippen molar-refractivity contribution in [2.24, 2.45) is 0 Å². The summed E-state index contributed by atoms with van der Waals surface area (Å²) in [5.41, 5.74) is 0.741. The number of nitrogens with zero attached hydrogens (tertiary/aromatic N) is 2. The van der Waals surface area contributed by atoms with E-state index >= 15 is 0 Å². The lowest BCUT2D eigenvalue weighted by atomic mass is 10.1. The Morgan fingerprint density at radius 2 is 1.83 bits per heavy atom. The monoisotopic (exact) mass is 339 g/mol. The van der Waals surface area contributed by atoms with Crippen LogP contribution in [0.15, 0.2) is 24.3 Å². The molecule has 0 unspecified atom stereocenters. The highest BCUT2D eigenvalue weighted by Crippen LogP contribution is 2.12. The lowest BCUT2D eigenvalue weighted by Gasteiger charge is -2.25. The third kappa shape index (κ3) is 8.00. The number of carbonyl (C=O) groups is 2. The maximum atomic E-state index is 12.2. The second kappa shape index (κ2) is 8.31. The normalized spacial score (nSPS) is 11.4. The molecule has 1 rings (SSSR count). The van der Waals surface area contributed by atoms with Crippen LogP contribution in [0.25, 0.3) is 0 Å². The molecule has 0 heterocycles. The van der Waals surface area contributed by atoms with E-state index in [2.05, 4.69) is 5.32 Å². The number of hydrogen-bond donors (Lipinski definition) is 1. The van der Waals surface area contributed by atoms with Gasteiger partial charge in [-0.25, -0.2) is 0 Å². The van der Waals surface area contributed by atoms with E-state index < -0.39 is 0 Å². The van der Waals surface area contributed by atoms with Crippen LogP contribution in [-0.4, -0.2) is 54.3 Å². The average Bonchev–Trinajstić information content (AvgIpc) is 2.35. The first kappa shape index (κ1) is 19.5. The summed E-state index contributed by atoms with van der Waals surface area (Å²) in [5, 5.41) is 3.52. The molecular weight excluding hydrogens is 314 g/mol. The second-order valence-corrected chi connectivity index (χ2v) is 7.29. The summed E-state index contributed by atoms with van der Waals surface area (Å²) in [4.78, 5) is 27.4. The van der Waals surface area contributed by atoms with Gasteiger partial charge in [-0.1, -0.05) is 23.7 Å². The first-order valence-electron chi connectivity index (χ1n) is 7.55. The molecule has 1 aromatic carbocycles. The van der Waals surface area contributed by atoms with Gasteiger partial charge in [0.1, 0.15) is 0 Å². The lowest BCUT2D eigenvalue weighted by molar-refractivity contribution is -0.136. The van der Waals surface area contributed by atoms with E-state index in [1.165, 1.54) is 4.90 Å². The van der Waals surface area contributed by atoms with Crippen LogP contribution in [0.5, 0.6) is 0 Å². The molecule has 0 atom stereocenters. The highest BCUT2D eigenvalue weighted by molar-refractivity contribution is 6.30. The summed E-state index contributed by atoms with van der Waals surface area (Å²) in [5.74, 6) is -0.260. The molecule has 128 valence electrons. The van der Waals surface area contributed by atoms with Crippen LogP contribution in [0.1, 0.15) is 26.3 Å². The van der Waals surface area contributed by atoms with Crippen LogP contribution in [0.2, 0.25) is 5.02 Å². The van der Waals surface area contributed by atoms with Crippen LogP contribution < -0.4 is 5.32 Å². The number of amides is 2. The SMILES string of the molecule is CN(CC(=O)N(C)CC(=O)NC(C)(C)C)Cc1cccc(Cl)c1. The zero-order valence-electron chi connectivity index (χ0n) is 14.5. The number of halogens is 1.